The molecule has 1 heterocycles. The molecule has 0 saturated heterocycles. The van der Waals surface area contributed by atoms with Crippen LogP contribution in [-0.2, 0) is 19.7 Å². The molecule has 0 spiro atoms. The van der Waals surface area contributed by atoms with Gasteiger partial charge >= 0.3 is 0 Å². The molecular formula is C21H20BrCl2NO3. The Morgan fingerprint density at radius 3 is 2.54 bits per heavy atom. The maximum atomic E-state index is 6.07. The average molecular weight is 485 g/mol. The van der Waals surface area contributed by atoms with Crippen LogP contribution in [0.25, 0.3) is 0 Å². The number of furan rings is 1. The predicted molar refractivity (Wildman–Crippen MR) is 115 cm³/mol. The van der Waals surface area contributed by atoms with E-state index in [1.807, 2.05) is 37.3 Å². The number of nitrogens with one attached hydrogen (secondary N) is 1. The zero-order chi connectivity index (χ0) is 19.9. The molecule has 0 aliphatic rings. The molecule has 0 amide bonds. The molecule has 0 radical (unpaired) electrons. The van der Waals surface area contributed by atoms with Crippen LogP contribution in [0.15, 0.2) is 57.6 Å². The Morgan fingerprint density at radius 2 is 1.82 bits per heavy atom. The number of rotatable bonds is 9. The molecule has 28 heavy (non-hydrogen) atoms. The summed E-state index contributed by atoms with van der Waals surface area (Å²) >= 11 is 15.7. The molecule has 0 fully saturated rings. The first-order valence-corrected chi connectivity index (χ1v) is 10.4. The minimum Gasteiger partial charge on any atom is -0.490 e. The van der Waals surface area contributed by atoms with Crippen LogP contribution in [0.4, 0.5) is 0 Å². The van der Waals surface area contributed by atoms with Crippen molar-refractivity contribution in [3.63, 3.8) is 0 Å². The quantitative estimate of drug-likeness (QED) is 0.370. The number of ether oxygens (including phenoxy) is 2. The Bertz CT molecular complexity index is 916. The molecule has 4 nitrogen and oxygen atoms in total. The Kier molecular flexibility index (Phi) is 7.68. The molecule has 0 aliphatic heterocycles. The summed E-state index contributed by atoms with van der Waals surface area (Å²) in [5.74, 6) is 2.25. The van der Waals surface area contributed by atoms with Crippen molar-refractivity contribution in [3.8, 4) is 11.5 Å². The molecular weight excluding hydrogens is 465 g/mol. The maximum Gasteiger partial charge on any atom is 0.162 e. The lowest BCUT2D eigenvalue weighted by molar-refractivity contribution is 0.269. The fraction of sp³-hybridized carbons (Fsp3) is 0.238. The van der Waals surface area contributed by atoms with Crippen molar-refractivity contribution < 1.29 is 13.9 Å². The second-order valence-electron chi connectivity index (χ2n) is 6.04. The van der Waals surface area contributed by atoms with E-state index in [0.29, 0.717) is 47.8 Å². The first kappa shape index (κ1) is 21.1. The highest BCUT2D eigenvalue weighted by molar-refractivity contribution is 9.10. The van der Waals surface area contributed by atoms with Gasteiger partial charge in [-0.1, -0.05) is 45.2 Å². The number of hydrogen-bond donors (Lipinski definition) is 1. The van der Waals surface area contributed by atoms with Crippen molar-refractivity contribution >= 4 is 39.1 Å². The molecule has 7 heteroatoms. The highest BCUT2D eigenvalue weighted by Gasteiger charge is 2.12. The van der Waals surface area contributed by atoms with Crippen molar-refractivity contribution in [1.29, 1.82) is 0 Å². The van der Waals surface area contributed by atoms with Crippen LogP contribution in [0.3, 0.4) is 0 Å². The Hall–Kier alpha value is -1.66. The zero-order valence-corrected chi connectivity index (χ0v) is 18.4. The summed E-state index contributed by atoms with van der Waals surface area (Å²) in [6, 6.07) is 13.2. The summed E-state index contributed by atoms with van der Waals surface area (Å²) < 4.78 is 18.0. The van der Waals surface area contributed by atoms with Gasteiger partial charge < -0.3 is 19.2 Å². The van der Waals surface area contributed by atoms with Crippen LogP contribution < -0.4 is 14.8 Å². The van der Waals surface area contributed by atoms with Gasteiger partial charge in [0.15, 0.2) is 11.5 Å². The Balaban J connectivity index is 1.69. The van der Waals surface area contributed by atoms with E-state index in [0.717, 1.165) is 21.4 Å². The summed E-state index contributed by atoms with van der Waals surface area (Å²) in [5, 5.41) is 4.38. The minimum atomic E-state index is 0.361. The van der Waals surface area contributed by atoms with Crippen LogP contribution in [0.5, 0.6) is 11.5 Å². The predicted octanol–water partition coefficient (Wildman–Crippen LogP) is 6.62. The van der Waals surface area contributed by atoms with Gasteiger partial charge in [-0.3, -0.25) is 0 Å². The van der Waals surface area contributed by atoms with E-state index in [-0.39, 0.29) is 0 Å². The van der Waals surface area contributed by atoms with Crippen LogP contribution in [-0.4, -0.2) is 6.61 Å². The smallest absolute Gasteiger partial charge is 0.162 e. The number of benzene rings is 2. The molecule has 0 bridgehead atoms. The fourth-order valence-electron chi connectivity index (χ4n) is 2.62. The highest BCUT2D eigenvalue weighted by atomic mass is 79.9. The average Bonchev–Trinajstić information content (AvgIpc) is 3.19. The summed E-state index contributed by atoms with van der Waals surface area (Å²) in [7, 11) is 0. The lowest BCUT2D eigenvalue weighted by Crippen LogP contribution is -2.13. The van der Waals surface area contributed by atoms with Gasteiger partial charge in [-0.2, -0.15) is 0 Å². The lowest BCUT2D eigenvalue weighted by Gasteiger charge is -2.15. The summed E-state index contributed by atoms with van der Waals surface area (Å²) in [6.45, 7) is 4.16. The third kappa shape index (κ3) is 5.67. The van der Waals surface area contributed by atoms with Gasteiger partial charge in [0.2, 0.25) is 0 Å². The zero-order valence-electron chi connectivity index (χ0n) is 15.3. The molecule has 1 N–H and O–H groups in total. The van der Waals surface area contributed by atoms with Crippen LogP contribution in [0.2, 0.25) is 10.0 Å². The largest absolute Gasteiger partial charge is 0.490 e. The van der Waals surface area contributed by atoms with E-state index < -0.39 is 0 Å². The maximum absolute atomic E-state index is 6.07. The minimum absolute atomic E-state index is 0.361. The van der Waals surface area contributed by atoms with E-state index in [9.17, 15) is 0 Å². The standard InChI is InChI=1S/C21H20BrCl2NO3/c1-2-26-20-9-15(11-25-12-16-4-3-7-27-16)17(22)10-21(20)28-13-14-5-6-18(23)19(24)8-14/h3-10,25H,2,11-13H2,1H3. The lowest BCUT2D eigenvalue weighted by atomic mass is 10.2. The highest BCUT2D eigenvalue weighted by Crippen LogP contribution is 2.35. The van der Waals surface area contributed by atoms with E-state index >= 15 is 0 Å². The SMILES string of the molecule is CCOc1cc(CNCc2ccco2)c(Br)cc1OCc1ccc(Cl)c(Cl)c1. The second-order valence-corrected chi connectivity index (χ2v) is 7.71. The monoisotopic (exact) mass is 483 g/mol. The van der Waals surface area contributed by atoms with Crippen molar-refractivity contribution in [1.82, 2.24) is 5.32 Å². The topological polar surface area (TPSA) is 43.6 Å². The van der Waals surface area contributed by atoms with Crippen molar-refractivity contribution in [2.24, 2.45) is 0 Å². The van der Waals surface area contributed by atoms with Gasteiger partial charge in [-0.25, -0.2) is 0 Å². The molecule has 3 aromatic rings. The first-order chi connectivity index (χ1) is 13.6. The van der Waals surface area contributed by atoms with Crippen molar-refractivity contribution in [3.05, 3.63) is 80.1 Å². The van der Waals surface area contributed by atoms with Crippen molar-refractivity contribution in [2.75, 3.05) is 6.61 Å². The van der Waals surface area contributed by atoms with Crippen molar-refractivity contribution in [2.45, 2.75) is 26.6 Å². The third-order valence-electron chi connectivity index (χ3n) is 3.99. The van der Waals surface area contributed by atoms with Crippen LogP contribution >= 0.6 is 39.1 Å². The second kappa shape index (κ2) is 10.2. The fourth-order valence-corrected chi connectivity index (χ4v) is 3.40. The van der Waals surface area contributed by atoms with Gasteiger partial charge in [0.1, 0.15) is 12.4 Å². The molecule has 3 rings (SSSR count). The molecule has 148 valence electrons. The summed E-state index contributed by atoms with van der Waals surface area (Å²) in [6.07, 6.45) is 1.67. The molecule has 0 unspecified atom stereocenters. The van der Waals surface area contributed by atoms with E-state index in [2.05, 4.69) is 21.2 Å². The Morgan fingerprint density at radius 1 is 1.00 bits per heavy atom. The van der Waals surface area contributed by atoms with E-state index in [1.165, 1.54) is 0 Å². The van der Waals surface area contributed by atoms with Gasteiger partial charge in [-0.05, 0) is 54.4 Å². The normalized spacial score (nSPS) is 10.9. The van der Waals surface area contributed by atoms with Gasteiger partial charge in [-0.15, -0.1) is 0 Å². The first-order valence-electron chi connectivity index (χ1n) is 8.82. The van der Waals surface area contributed by atoms with E-state index in [1.54, 1.807) is 18.4 Å². The molecule has 0 aliphatic carbocycles. The molecule has 1 aromatic heterocycles. The molecule has 0 atom stereocenters. The molecule has 2 aromatic carbocycles. The summed E-state index contributed by atoms with van der Waals surface area (Å²) in [4.78, 5) is 0. The molecule has 0 saturated carbocycles. The Labute approximate surface area is 182 Å². The van der Waals surface area contributed by atoms with E-state index in [4.69, 9.17) is 37.1 Å². The third-order valence-corrected chi connectivity index (χ3v) is 5.46. The van der Waals surface area contributed by atoms with Gasteiger partial charge in [0, 0.05) is 11.0 Å². The van der Waals surface area contributed by atoms with Crippen LogP contribution in [0.1, 0.15) is 23.8 Å². The summed E-state index contributed by atoms with van der Waals surface area (Å²) in [5.41, 5.74) is 1.99. The van der Waals surface area contributed by atoms with Gasteiger partial charge in [0.05, 0.1) is 29.5 Å². The number of hydrogen-bond acceptors (Lipinski definition) is 4. The van der Waals surface area contributed by atoms with Crippen LogP contribution in [0, 0.1) is 0 Å². The van der Waals surface area contributed by atoms with Gasteiger partial charge in [0.25, 0.3) is 0 Å². The number of halogens is 3.